The maximum atomic E-state index is 12.7. The van der Waals surface area contributed by atoms with Gasteiger partial charge in [0.25, 0.3) is 0 Å². The Morgan fingerprint density at radius 1 is 1.29 bits per heavy atom. The summed E-state index contributed by atoms with van der Waals surface area (Å²) in [5.74, 6) is -0.268. The SMILES string of the molecule is NCCCCCCN1CC(S(=O)(=O)F)CC1=O. The van der Waals surface area contributed by atoms with E-state index in [9.17, 15) is 17.1 Å². The van der Waals surface area contributed by atoms with E-state index in [-0.39, 0.29) is 18.9 Å². The van der Waals surface area contributed by atoms with Crippen LogP contribution in [-0.4, -0.2) is 44.1 Å². The minimum atomic E-state index is -4.59. The molecule has 1 amide bonds. The first-order chi connectivity index (χ1) is 7.95. The van der Waals surface area contributed by atoms with Crippen molar-refractivity contribution in [2.75, 3.05) is 19.6 Å². The van der Waals surface area contributed by atoms with E-state index in [1.807, 2.05) is 0 Å². The highest BCUT2D eigenvalue weighted by atomic mass is 32.3. The molecule has 0 aromatic carbocycles. The zero-order chi connectivity index (χ0) is 12.9. The highest BCUT2D eigenvalue weighted by Crippen LogP contribution is 2.20. The van der Waals surface area contributed by atoms with Gasteiger partial charge in [-0.05, 0) is 19.4 Å². The lowest BCUT2D eigenvalue weighted by Gasteiger charge is -2.15. The molecule has 0 bridgehead atoms. The Morgan fingerprint density at radius 3 is 2.47 bits per heavy atom. The van der Waals surface area contributed by atoms with Crippen LogP contribution in [0.3, 0.4) is 0 Å². The molecule has 0 aromatic rings. The third-order valence-corrected chi connectivity index (χ3v) is 4.07. The first kappa shape index (κ1) is 14.4. The molecule has 1 aliphatic rings. The third kappa shape index (κ3) is 4.59. The smallest absolute Gasteiger partial charge is 0.307 e. The van der Waals surface area contributed by atoms with E-state index in [4.69, 9.17) is 5.73 Å². The third-order valence-electron chi connectivity index (χ3n) is 2.96. The first-order valence-corrected chi connectivity index (χ1v) is 7.31. The van der Waals surface area contributed by atoms with E-state index < -0.39 is 15.5 Å². The van der Waals surface area contributed by atoms with Crippen molar-refractivity contribution in [1.29, 1.82) is 0 Å². The van der Waals surface area contributed by atoms with E-state index in [0.717, 1.165) is 25.7 Å². The summed E-state index contributed by atoms with van der Waals surface area (Å²) < 4.78 is 34.1. The van der Waals surface area contributed by atoms with Crippen LogP contribution >= 0.6 is 0 Å². The van der Waals surface area contributed by atoms with E-state index in [1.165, 1.54) is 4.90 Å². The van der Waals surface area contributed by atoms with Crippen LogP contribution in [-0.2, 0) is 15.0 Å². The number of rotatable bonds is 7. The zero-order valence-electron chi connectivity index (χ0n) is 9.77. The fourth-order valence-electron chi connectivity index (χ4n) is 1.94. The van der Waals surface area contributed by atoms with Crippen LogP contribution in [0.1, 0.15) is 32.1 Å². The molecule has 1 fully saturated rings. The molecule has 1 aliphatic heterocycles. The van der Waals surface area contributed by atoms with Gasteiger partial charge in [0.1, 0.15) is 5.25 Å². The Labute approximate surface area is 101 Å². The van der Waals surface area contributed by atoms with Crippen molar-refractivity contribution in [1.82, 2.24) is 4.90 Å². The molecule has 1 heterocycles. The highest BCUT2D eigenvalue weighted by molar-refractivity contribution is 7.87. The van der Waals surface area contributed by atoms with Gasteiger partial charge >= 0.3 is 10.2 Å². The Balaban J connectivity index is 2.29. The van der Waals surface area contributed by atoms with Gasteiger partial charge in [-0.3, -0.25) is 4.79 Å². The van der Waals surface area contributed by atoms with Gasteiger partial charge in [0.05, 0.1) is 0 Å². The minimum Gasteiger partial charge on any atom is -0.341 e. The summed E-state index contributed by atoms with van der Waals surface area (Å²) in [5.41, 5.74) is 5.35. The number of nitrogens with zero attached hydrogens (tertiary/aromatic N) is 1. The summed E-state index contributed by atoms with van der Waals surface area (Å²) in [6, 6.07) is 0. The Hall–Kier alpha value is -0.690. The van der Waals surface area contributed by atoms with Crippen molar-refractivity contribution >= 4 is 16.1 Å². The van der Waals surface area contributed by atoms with Crippen molar-refractivity contribution < 1.29 is 17.1 Å². The van der Waals surface area contributed by atoms with E-state index in [1.54, 1.807) is 0 Å². The van der Waals surface area contributed by atoms with E-state index in [0.29, 0.717) is 13.1 Å². The van der Waals surface area contributed by atoms with Crippen LogP contribution in [0.15, 0.2) is 0 Å². The largest absolute Gasteiger partial charge is 0.341 e. The van der Waals surface area contributed by atoms with Gasteiger partial charge < -0.3 is 10.6 Å². The summed E-state index contributed by atoms with van der Waals surface area (Å²) in [7, 11) is -4.59. The maximum absolute atomic E-state index is 12.7. The molecular weight excluding hydrogens is 247 g/mol. The van der Waals surface area contributed by atoms with E-state index in [2.05, 4.69) is 0 Å². The summed E-state index contributed by atoms with van der Waals surface area (Å²) in [5, 5.41) is -1.17. The average molecular weight is 266 g/mol. The number of carbonyl (C=O) groups is 1. The van der Waals surface area contributed by atoms with Gasteiger partial charge in [0.2, 0.25) is 5.91 Å². The number of unbranched alkanes of at least 4 members (excludes halogenated alkanes) is 3. The van der Waals surface area contributed by atoms with Crippen LogP contribution < -0.4 is 5.73 Å². The lowest BCUT2D eigenvalue weighted by atomic mass is 10.2. The molecule has 2 N–H and O–H groups in total. The second-order valence-corrected chi connectivity index (χ2v) is 5.96. The fourth-order valence-corrected chi connectivity index (χ4v) is 2.64. The molecule has 0 saturated carbocycles. The molecule has 1 rings (SSSR count). The van der Waals surface area contributed by atoms with Crippen molar-refractivity contribution in [3.63, 3.8) is 0 Å². The number of amides is 1. The Morgan fingerprint density at radius 2 is 1.94 bits per heavy atom. The highest BCUT2D eigenvalue weighted by Gasteiger charge is 2.37. The van der Waals surface area contributed by atoms with E-state index >= 15 is 0 Å². The molecule has 5 nitrogen and oxygen atoms in total. The number of carbonyl (C=O) groups excluding carboxylic acids is 1. The molecule has 100 valence electrons. The molecule has 1 saturated heterocycles. The van der Waals surface area contributed by atoms with Crippen LogP contribution in [0.25, 0.3) is 0 Å². The number of nitrogens with two attached hydrogens (primary N) is 1. The second kappa shape index (κ2) is 6.30. The lowest BCUT2D eigenvalue weighted by Crippen LogP contribution is -2.28. The van der Waals surface area contributed by atoms with Gasteiger partial charge in [-0.25, -0.2) is 0 Å². The van der Waals surface area contributed by atoms with Crippen molar-refractivity contribution in [2.24, 2.45) is 5.73 Å². The molecule has 17 heavy (non-hydrogen) atoms. The van der Waals surface area contributed by atoms with Crippen LogP contribution in [0.4, 0.5) is 3.89 Å². The van der Waals surface area contributed by atoms with Gasteiger partial charge in [-0.2, -0.15) is 8.42 Å². The monoisotopic (exact) mass is 266 g/mol. The van der Waals surface area contributed by atoms with Crippen LogP contribution in [0.2, 0.25) is 0 Å². The normalized spacial score (nSPS) is 21.2. The quantitative estimate of drug-likeness (QED) is 0.534. The van der Waals surface area contributed by atoms with Crippen molar-refractivity contribution in [2.45, 2.75) is 37.4 Å². The molecule has 0 aromatic heterocycles. The van der Waals surface area contributed by atoms with Crippen LogP contribution in [0.5, 0.6) is 0 Å². The number of hydrogen-bond acceptors (Lipinski definition) is 4. The summed E-state index contributed by atoms with van der Waals surface area (Å²) in [6.07, 6.45) is 3.50. The minimum absolute atomic E-state index is 0.00540. The van der Waals surface area contributed by atoms with Gasteiger partial charge in [-0.1, -0.05) is 12.8 Å². The fraction of sp³-hybridized carbons (Fsp3) is 0.900. The first-order valence-electron chi connectivity index (χ1n) is 5.86. The number of likely N-dealkylation sites (tertiary alicyclic amines) is 1. The predicted molar refractivity (Wildman–Crippen MR) is 62.5 cm³/mol. The maximum Gasteiger partial charge on any atom is 0.307 e. The zero-order valence-corrected chi connectivity index (χ0v) is 10.6. The summed E-state index contributed by atoms with van der Waals surface area (Å²) in [4.78, 5) is 12.9. The van der Waals surface area contributed by atoms with Gasteiger partial charge in [-0.15, -0.1) is 3.89 Å². The van der Waals surface area contributed by atoms with Crippen molar-refractivity contribution in [3.8, 4) is 0 Å². The van der Waals surface area contributed by atoms with Crippen molar-refractivity contribution in [3.05, 3.63) is 0 Å². The number of halogens is 1. The van der Waals surface area contributed by atoms with Crippen LogP contribution in [0, 0.1) is 0 Å². The predicted octanol–water partition coefficient (Wildman–Crippen LogP) is 0.406. The topological polar surface area (TPSA) is 80.5 Å². The molecule has 7 heteroatoms. The Kier molecular flexibility index (Phi) is 5.32. The molecule has 0 spiro atoms. The molecule has 0 radical (unpaired) electrons. The molecule has 1 atom stereocenters. The number of hydrogen-bond donors (Lipinski definition) is 1. The summed E-state index contributed by atoms with van der Waals surface area (Å²) in [6.45, 7) is 1.16. The summed E-state index contributed by atoms with van der Waals surface area (Å²) >= 11 is 0. The van der Waals surface area contributed by atoms with Gasteiger partial charge in [0.15, 0.2) is 0 Å². The Bertz CT molecular complexity index is 359. The molecular formula is C10H19FN2O3S. The molecule has 1 unspecified atom stereocenters. The van der Waals surface area contributed by atoms with Gasteiger partial charge in [0, 0.05) is 19.5 Å². The standard InChI is InChI=1S/C10H19FN2O3S/c11-17(15,16)9-7-10(14)13(8-9)6-4-2-1-3-5-12/h9H,1-8,12H2. The average Bonchev–Trinajstić information content (AvgIpc) is 2.60. The second-order valence-electron chi connectivity index (χ2n) is 4.34. The molecule has 0 aliphatic carbocycles. The lowest BCUT2D eigenvalue weighted by molar-refractivity contribution is -0.127.